The highest BCUT2D eigenvalue weighted by Gasteiger charge is 2.38. The Labute approximate surface area is 131 Å². The van der Waals surface area contributed by atoms with Crippen LogP contribution in [0.25, 0.3) is 11.1 Å². The van der Waals surface area contributed by atoms with Crippen LogP contribution in [-0.2, 0) is 0 Å². The molecule has 0 aliphatic carbocycles. The van der Waals surface area contributed by atoms with Crippen molar-refractivity contribution in [1.82, 2.24) is 0 Å². The topological polar surface area (TPSA) is 37.3 Å². The number of hydrogen-bond acceptors (Lipinski definition) is 2. The zero-order chi connectivity index (χ0) is 17.0. The summed E-state index contributed by atoms with van der Waals surface area (Å²) in [5.74, 6) is -0.604. The molecule has 0 aromatic heterocycles. The van der Waals surface area contributed by atoms with E-state index in [4.69, 9.17) is 5.11 Å². The molecule has 0 spiro atoms. The van der Waals surface area contributed by atoms with Crippen LogP contribution in [0, 0.1) is 0 Å². The van der Waals surface area contributed by atoms with Gasteiger partial charge in [0.05, 0.1) is 0 Å². The summed E-state index contributed by atoms with van der Waals surface area (Å²) in [5, 5.41) is 9.01. The molecule has 0 aliphatic heterocycles. The van der Waals surface area contributed by atoms with E-state index in [2.05, 4.69) is 6.58 Å². The predicted octanol–water partition coefficient (Wildman–Crippen LogP) is 4.41. The van der Waals surface area contributed by atoms with E-state index in [1.54, 1.807) is 12.1 Å². The number of ketones is 1. The summed E-state index contributed by atoms with van der Waals surface area (Å²) in [6.07, 6.45) is -8.18. The van der Waals surface area contributed by atoms with E-state index in [0.717, 1.165) is 11.1 Å². The average Bonchev–Trinajstić information content (AvgIpc) is 2.54. The van der Waals surface area contributed by atoms with Gasteiger partial charge in [-0.05, 0) is 16.7 Å². The van der Waals surface area contributed by atoms with Gasteiger partial charge in [-0.3, -0.25) is 4.79 Å². The smallest absolute Gasteiger partial charge is 0.383 e. The molecule has 0 aliphatic rings. The first kappa shape index (κ1) is 17.0. The third-order valence-electron chi connectivity index (χ3n) is 3.39. The number of carbonyl (C=O) groups is 1. The molecule has 2 nitrogen and oxygen atoms in total. The molecular formula is C18H15F3O2. The van der Waals surface area contributed by atoms with Crippen molar-refractivity contribution in [3.05, 3.63) is 72.3 Å². The van der Waals surface area contributed by atoms with Gasteiger partial charge < -0.3 is 5.11 Å². The van der Waals surface area contributed by atoms with Crippen LogP contribution in [0.1, 0.15) is 16.8 Å². The van der Waals surface area contributed by atoms with Crippen molar-refractivity contribution in [2.45, 2.75) is 18.7 Å². The van der Waals surface area contributed by atoms with E-state index < -0.39 is 24.5 Å². The average molecular weight is 320 g/mol. The van der Waals surface area contributed by atoms with Crippen LogP contribution in [0.15, 0.2) is 66.7 Å². The fourth-order valence-corrected chi connectivity index (χ4v) is 2.09. The summed E-state index contributed by atoms with van der Waals surface area (Å²) in [7, 11) is 0. The van der Waals surface area contributed by atoms with E-state index in [1.165, 1.54) is 12.1 Å². The normalized spacial score (nSPS) is 12.7. The minimum Gasteiger partial charge on any atom is -0.383 e. The molecule has 0 heterocycles. The van der Waals surface area contributed by atoms with Gasteiger partial charge in [-0.2, -0.15) is 13.2 Å². The first-order valence-electron chi connectivity index (χ1n) is 6.92. The Balaban J connectivity index is 2.10. The zero-order valence-corrected chi connectivity index (χ0v) is 12.2. The van der Waals surface area contributed by atoms with Crippen LogP contribution in [0.3, 0.4) is 0 Å². The van der Waals surface area contributed by atoms with Crippen LogP contribution in [-0.4, -0.2) is 23.2 Å². The molecule has 0 saturated carbocycles. The molecule has 0 saturated heterocycles. The quantitative estimate of drug-likeness (QED) is 0.654. The Kier molecular flexibility index (Phi) is 5.01. The second-order valence-electron chi connectivity index (χ2n) is 5.14. The van der Waals surface area contributed by atoms with Crippen molar-refractivity contribution in [2.75, 3.05) is 0 Å². The fraction of sp³-hybridized carbons (Fsp3) is 0.167. The Morgan fingerprint density at radius 2 is 1.52 bits per heavy atom. The van der Waals surface area contributed by atoms with E-state index in [1.807, 2.05) is 30.3 Å². The minimum absolute atomic E-state index is 0.240. The van der Waals surface area contributed by atoms with Crippen molar-refractivity contribution < 1.29 is 23.1 Å². The van der Waals surface area contributed by atoms with Gasteiger partial charge in [-0.25, -0.2) is 0 Å². The molecule has 0 radical (unpaired) electrons. The molecule has 0 bridgehead atoms. The molecule has 1 N–H and O–H groups in total. The molecule has 0 amide bonds. The largest absolute Gasteiger partial charge is 0.414 e. The van der Waals surface area contributed by atoms with Gasteiger partial charge in [0, 0.05) is 12.0 Å². The summed E-state index contributed by atoms with van der Waals surface area (Å²) < 4.78 is 36.9. The minimum atomic E-state index is -4.76. The number of rotatable bonds is 5. The number of benzene rings is 2. The maximum Gasteiger partial charge on any atom is 0.414 e. The van der Waals surface area contributed by atoms with Crippen LogP contribution in [0.5, 0.6) is 0 Å². The number of alkyl halides is 3. The van der Waals surface area contributed by atoms with Crippen LogP contribution in [0.2, 0.25) is 0 Å². The summed E-state index contributed by atoms with van der Waals surface area (Å²) in [4.78, 5) is 12.1. The molecule has 1 atom stereocenters. The molecule has 2 aromatic carbocycles. The van der Waals surface area contributed by atoms with Gasteiger partial charge in [0.15, 0.2) is 11.9 Å². The summed E-state index contributed by atoms with van der Waals surface area (Å²) in [6.45, 7) is 3.36. The van der Waals surface area contributed by atoms with Crippen molar-refractivity contribution >= 4 is 5.78 Å². The number of hydrogen-bond donors (Lipinski definition) is 1. The number of aliphatic hydroxyl groups excluding tert-OH is 1. The van der Waals surface area contributed by atoms with E-state index >= 15 is 0 Å². The van der Waals surface area contributed by atoms with Crippen LogP contribution >= 0.6 is 0 Å². The van der Waals surface area contributed by atoms with Gasteiger partial charge in [-0.15, -0.1) is 0 Å². The first-order chi connectivity index (χ1) is 10.8. The van der Waals surface area contributed by atoms with E-state index in [0.29, 0.717) is 0 Å². The first-order valence-corrected chi connectivity index (χ1v) is 6.92. The fourth-order valence-electron chi connectivity index (χ4n) is 2.09. The molecule has 2 aromatic rings. The third-order valence-corrected chi connectivity index (χ3v) is 3.39. The second-order valence-corrected chi connectivity index (χ2v) is 5.14. The summed E-state index contributed by atoms with van der Waals surface area (Å²) in [5.41, 5.74) is 1.83. The number of Topliss-reactive ketones (excluding diaryl/α,β-unsaturated/α-hetero) is 1. The maximum absolute atomic E-state index is 12.3. The van der Waals surface area contributed by atoms with Gasteiger partial charge in [0.1, 0.15) is 0 Å². The summed E-state index contributed by atoms with van der Waals surface area (Å²) >= 11 is 0. The highest BCUT2D eigenvalue weighted by Crippen LogP contribution is 2.26. The summed E-state index contributed by atoms with van der Waals surface area (Å²) in [6, 6.07) is 16.0. The maximum atomic E-state index is 12.3. The standard InChI is InChI=1S/C18H15F3O2/c1-12(11-16(22)18(19,20)21)17(23)15-9-7-14(8-10-15)13-5-3-2-4-6-13/h2-10,16,22H,1,11H2. The Morgan fingerprint density at radius 3 is 2.04 bits per heavy atom. The molecular weight excluding hydrogens is 305 g/mol. The molecule has 23 heavy (non-hydrogen) atoms. The number of carbonyl (C=O) groups excluding carboxylic acids is 1. The molecule has 1 unspecified atom stereocenters. The number of aliphatic hydroxyl groups is 1. The lowest BCUT2D eigenvalue weighted by Gasteiger charge is -2.15. The Morgan fingerprint density at radius 1 is 1.00 bits per heavy atom. The molecule has 5 heteroatoms. The van der Waals surface area contributed by atoms with Gasteiger partial charge >= 0.3 is 6.18 Å². The predicted molar refractivity (Wildman–Crippen MR) is 82.0 cm³/mol. The Hall–Kier alpha value is -2.40. The van der Waals surface area contributed by atoms with E-state index in [-0.39, 0.29) is 11.1 Å². The SMILES string of the molecule is C=C(CC(O)C(F)(F)F)C(=O)c1ccc(-c2ccccc2)cc1. The van der Waals surface area contributed by atoms with Gasteiger partial charge in [0.25, 0.3) is 0 Å². The van der Waals surface area contributed by atoms with Crippen molar-refractivity contribution in [3.8, 4) is 11.1 Å². The van der Waals surface area contributed by atoms with Crippen LogP contribution < -0.4 is 0 Å². The van der Waals surface area contributed by atoms with E-state index in [9.17, 15) is 18.0 Å². The highest BCUT2D eigenvalue weighted by molar-refractivity contribution is 6.08. The molecule has 120 valence electrons. The molecule has 2 rings (SSSR count). The van der Waals surface area contributed by atoms with Gasteiger partial charge in [-0.1, -0.05) is 61.2 Å². The highest BCUT2D eigenvalue weighted by atomic mass is 19.4. The van der Waals surface area contributed by atoms with Crippen molar-refractivity contribution in [3.63, 3.8) is 0 Å². The van der Waals surface area contributed by atoms with Crippen molar-refractivity contribution in [1.29, 1.82) is 0 Å². The monoisotopic (exact) mass is 320 g/mol. The lowest BCUT2D eigenvalue weighted by Crippen LogP contribution is -2.29. The van der Waals surface area contributed by atoms with Crippen LogP contribution in [0.4, 0.5) is 13.2 Å². The van der Waals surface area contributed by atoms with Crippen molar-refractivity contribution in [2.24, 2.45) is 0 Å². The zero-order valence-electron chi connectivity index (χ0n) is 12.2. The lowest BCUT2D eigenvalue weighted by molar-refractivity contribution is -0.202. The third kappa shape index (κ3) is 4.29. The Bertz CT molecular complexity index is 688. The lowest BCUT2D eigenvalue weighted by atomic mass is 9.97. The van der Waals surface area contributed by atoms with Gasteiger partial charge in [0.2, 0.25) is 0 Å². The second kappa shape index (κ2) is 6.79. The molecule has 0 fully saturated rings. The number of halogens is 3.